The Morgan fingerprint density at radius 2 is 1.90 bits per heavy atom. The molecule has 0 spiro atoms. The van der Waals surface area contributed by atoms with Gasteiger partial charge in [-0.2, -0.15) is 0 Å². The second kappa shape index (κ2) is 5.08. The van der Waals surface area contributed by atoms with E-state index < -0.39 is 0 Å². The van der Waals surface area contributed by atoms with Gasteiger partial charge < -0.3 is 9.88 Å². The van der Waals surface area contributed by atoms with Gasteiger partial charge in [0, 0.05) is 12.2 Å². The summed E-state index contributed by atoms with van der Waals surface area (Å²) in [6.07, 6.45) is 3.09. The predicted octanol–water partition coefficient (Wildman–Crippen LogP) is 2.07. The monoisotopic (exact) mass is 266 g/mol. The first-order valence-electron chi connectivity index (χ1n) is 6.36. The molecule has 1 aromatic carbocycles. The van der Waals surface area contributed by atoms with Crippen LogP contribution in [0.4, 0.5) is 11.5 Å². The summed E-state index contributed by atoms with van der Waals surface area (Å²) in [7, 11) is 0. The molecule has 6 nitrogen and oxygen atoms in total. The largest absolute Gasteiger partial charge is 0.338 e. The number of hydrogen-bond donors (Lipinski definition) is 2. The van der Waals surface area contributed by atoms with E-state index in [0.29, 0.717) is 28.9 Å². The zero-order valence-electron chi connectivity index (χ0n) is 11.0. The lowest BCUT2D eigenvalue weighted by molar-refractivity contribution is 0.692. The summed E-state index contributed by atoms with van der Waals surface area (Å²) in [5.41, 5.74) is 2.41. The minimum Gasteiger partial charge on any atom is -0.338 e. The van der Waals surface area contributed by atoms with Crippen molar-refractivity contribution in [3.8, 4) is 0 Å². The van der Waals surface area contributed by atoms with Crippen LogP contribution in [-0.2, 0) is 6.54 Å². The van der Waals surface area contributed by atoms with Crippen molar-refractivity contribution in [2.75, 3.05) is 5.32 Å². The summed E-state index contributed by atoms with van der Waals surface area (Å²) in [5.74, 6) is 0.609. The van der Waals surface area contributed by atoms with E-state index in [-0.39, 0.29) is 0 Å². The molecule has 0 radical (unpaired) electrons. The van der Waals surface area contributed by atoms with Crippen molar-refractivity contribution >= 4 is 22.5 Å². The molecular formula is C14H14N6. The van der Waals surface area contributed by atoms with Crippen LogP contribution in [0, 0.1) is 5.41 Å². The number of aromatic nitrogens is 4. The van der Waals surface area contributed by atoms with Gasteiger partial charge in [-0.25, -0.2) is 15.0 Å². The van der Waals surface area contributed by atoms with E-state index in [1.54, 1.807) is 10.9 Å². The van der Waals surface area contributed by atoms with Crippen molar-refractivity contribution in [3.05, 3.63) is 48.5 Å². The van der Waals surface area contributed by atoms with Crippen molar-refractivity contribution in [3.63, 3.8) is 0 Å². The number of para-hydroxylation sites is 1. The molecule has 0 aliphatic carbocycles. The smallest absolute Gasteiger partial charge is 0.160 e. The number of rotatable bonds is 3. The molecule has 3 aromatic rings. The summed E-state index contributed by atoms with van der Waals surface area (Å²) >= 11 is 0. The van der Waals surface area contributed by atoms with Gasteiger partial charge in [-0.3, -0.25) is 5.41 Å². The maximum absolute atomic E-state index is 8.12. The predicted molar refractivity (Wildman–Crippen MR) is 76.6 cm³/mol. The Morgan fingerprint density at radius 3 is 2.65 bits per heavy atom. The fourth-order valence-corrected chi connectivity index (χ4v) is 1.98. The van der Waals surface area contributed by atoms with Crippen LogP contribution in [0.2, 0.25) is 0 Å². The molecule has 2 heterocycles. The van der Waals surface area contributed by atoms with E-state index in [1.165, 1.54) is 6.33 Å². The Balaban J connectivity index is 2.13. The van der Waals surface area contributed by atoms with Gasteiger partial charge in [-0.05, 0) is 19.1 Å². The molecule has 0 unspecified atom stereocenters. The lowest BCUT2D eigenvalue weighted by Crippen LogP contribution is -2.21. The number of hydrogen-bond acceptors (Lipinski definition) is 5. The number of aryl methyl sites for hydroxylation is 1. The molecule has 0 fully saturated rings. The van der Waals surface area contributed by atoms with Crippen LogP contribution in [0.1, 0.15) is 6.92 Å². The van der Waals surface area contributed by atoms with Crippen LogP contribution >= 0.6 is 0 Å². The van der Waals surface area contributed by atoms with Gasteiger partial charge in [-0.1, -0.05) is 18.2 Å². The lowest BCUT2D eigenvalue weighted by Gasteiger charge is -2.09. The Labute approximate surface area is 115 Å². The topological polar surface area (TPSA) is 79.5 Å². The first-order chi connectivity index (χ1) is 9.79. The molecular weight excluding hydrogens is 252 g/mol. The number of nitrogens with one attached hydrogen (secondary N) is 2. The van der Waals surface area contributed by atoms with Gasteiger partial charge in [0.05, 0.1) is 6.33 Å². The zero-order chi connectivity index (χ0) is 13.9. The quantitative estimate of drug-likeness (QED) is 0.760. The number of benzene rings is 1. The van der Waals surface area contributed by atoms with E-state index >= 15 is 0 Å². The van der Waals surface area contributed by atoms with Gasteiger partial charge in [-0.15, -0.1) is 0 Å². The normalized spacial score (nSPS) is 10.7. The standard InChI is InChI=1S/C14H14N6/c1-2-20-9-18-12-11(13(20)15)16-8-17-14(12)19-10-6-4-3-5-7-10/h3-9,15H,2H2,1H3,(H,16,17,19). The van der Waals surface area contributed by atoms with Gasteiger partial charge in [0.2, 0.25) is 0 Å². The maximum atomic E-state index is 8.12. The molecule has 0 aliphatic rings. The third kappa shape index (κ3) is 2.11. The zero-order valence-corrected chi connectivity index (χ0v) is 11.0. The first kappa shape index (κ1) is 12.3. The Hall–Kier alpha value is -2.76. The van der Waals surface area contributed by atoms with Crippen molar-refractivity contribution < 1.29 is 0 Å². The second-order valence-corrected chi connectivity index (χ2v) is 4.29. The van der Waals surface area contributed by atoms with E-state index in [4.69, 9.17) is 5.41 Å². The molecule has 0 amide bonds. The summed E-state index contributed by atoms with van der Waals surface area (Å²) in [5, 5.41) is 11.3. The van der Waals surface area contributed by atoms with E-state index in [0.717, 1.165) is 5.69 Å². The Bertz CT molecular complexity index is 794. The summed E-state index contributed by atoms with van der Waals surface area (Å²) in [4.78, 5) is 12.8. The van der Waals surface area contributed by atoms with Crippen LogP contribution in [0.15, 0.2) is 43.0 Å². The average molecular weight is 266 g/mol. The van der Waals surface area contributed by atoms with E-state index in [9.17, 15) is 0 Å². The minimum atomic E-state index is 0.344. The number of anilines is 2. The second-order valence-electron chi connectivity index (χ2n) is 4.29. The van der Waals surface area contributed by atoms with Gasteiger partial charge in [0.25, 0.3) is 0 Å². The fourth-order valence-electron chi connectivity index (χ4n) is 1.98. The summed E-state index contributed by atoms with van der Waals surface area (Å²) < 4.78 is 1.74. The number of nitrogens with zero attached hydrogens (tertiary/aromatic N) is 4. The number of fused-ring (bicyclic) bond motifs is 1. The van der Waals surface area contributed by atoms with E-state index in [1.807, 2.05) is 37.3 Å². The van der Waals surface area contributed by atoms with Crippen LogP contribution in [0.5, 0.6) is 0 Å². The molecule has 2 aromatic heterocycles. The van der Waals surface area contributed by atoms with Crippen LogP contribution in [0.3, 0.4) is 0 Å². The molecule has 6 heteroatoms. The van der Waals surface area contributed by atoms with Crippen molar-refractivity contribution in [1.82, 2.24) is 19.5 Å². The van der Waals surface area contributed by atoms with Gasteiger partial charge in [0.1, 0.15) is 17.4 Å². The molecule has 0 bridgehead atoms. The highest BCUT2D eigenvalue weighted by atomic mass is 15.1. The summed E-state index contributed by atoms with van der Waals surface area (Å²) in [6.45, 7) is 2.66. The average Bonchev–Trinajstić information content (AvgIpc) is 2.49. The van der Waals surface area contributed by atoms with Gasteiger partial charge in [0.15, 0.2) is 11.3 Å². The molecule has 0 atom stereocenters. The van der Waals surface area contributed by atoms with Crippen LogP contribution < -0.4 is 10.8 Å². The molecule has 0 saturated heterocycles. The molecule has 0 saturated carbocycles. The molecule has 2 N–H and O–H groups in total. The van der Waals surface area contributed by atoms with Crippen LogP contribution in [0.25, 0.3) is 11.0 Å². The molecule has 20 heavy (non-hydrogen) atoms. The summed E-state index contributed by atoms with van der Waals surface area (Å²) in [6, 6.07) is 9.74. The fraction of sp³-hybridized carbons (Fsp3) is 0.143. The lowest BCUT2D eigenvalue weighted by atomic mass is 10.3. The highest BCUT2D eigenvalue weighted by Gasteiger charge is 2.08. The van der Waals surface area contributed by atoms with Crippen molar-refractivity contribution in [2.24, 2.45) is 0 Å². The van der Waals surface area contributed by atoms with Crippen molar-refractivity contribution in [2.45, 2.75) is 13.5 Å². The van der Waals surface area contributed by atoms with E-state index in [2.05, 4.69) is 20.3 Å². The Kier molecular flexibility index (Phi) is 3.12. The SMILES string of the molecule is CCn1cnc2c(Nc3ccccc3)ncnc2c1=N. The third-order valence-electron chi connectivity index (χ3n) is 3.04. The minimum absolute atomic E-state index is 0.344. The highest BCUT2D eigenvalue weighted by molar-refractivity contribution is 5.85. The Morgan fingerprint density at radius 1 is 1.10 bits per heavy atom. The highest BCUT2D eigenvalue weighted by Crippen LogP contribution is 2.18. The molecule has 0 aliphatic heterocycles. The third-order valence-corrected chi connectivity index (χ3v) is 3.04. The van der Waals surface area contributed by atoms with Crippen LogP contribution in [-0.4, -0.2) is 19.5 Å². The maximum Gasteiger partial charge on any atom is 0.160 e. The van der Waals surface area contributed by atoms with Gasteiger partial charge >= 0.3 is 0 Å². The molecule has 3 rings (SSSR count). The molecule has 100 valence electrons. The first-order valence-corrected chi connectivity index (χ1v) is 6.36. The van der Waals surface area contributed by atoms with Crippen molar-refractivity contribution in [1.29, 1.82) is 5.41 Å².